The van der Waals surface area contributed by atoms with Crippen LogP contribution in [0.5, 0.6) is 0 Å². The number of rotatable bonds is 4. The molecule has 41 heavy (non-hydrogen) atoms. The smallest absolute Gasteiger partial charge is 0.165 e. The van der Waals surface area contributed by atoms with E-state index in [2.05, 4.69) is 96.5 Å². The van der Waals surface area contributed by atoms with E-state index in [0.717, 1.165) is 54.0 Å². The molecule has 6 nitrogen and oxygen atoms in total. The Morgan fingerprint density at radius 3 is 1.71 bits per heavy atom. The molecule has 0 radical (unpaired) electrons. The van der Waals surface area contributed by atoms with Gasteiger partial charge in [0.2, 0.25) is 0 Å². The minimum Gasteiger partial charge on any atom is -0.355 e. The molecule has 0 aromatic carbocycles. The van der Waals surface area contributed by atoms with E-state index >= 15 is 0 Å². The molecule has 1 aliphatic carbocycles. The maximum Gasteiger partial charge on any atom is 0.165 e. The monoisotopic (exact) mass is 558 g/mol. The molecular weight excluding hydrogens is 524 g/mol. The van der Waals surface area contributed by atoms with Crippen LogP contribution in [-0.4, -0.2) is 34.2 Å². The van der Waals surface area contributed by atoms with Crippen molar-refractivity contribution in [1.82, 2.24) is 28.5 Å². The summed E-state index contributed by atoms with van der Waals surface area (Å²) in [5.74, 6) is 0. The molecular formula is C34H34N6S. The van der Waals surface area contributed by atoms with Crippen LogP contribution in [-0.2, 0) is 18.5 Å². The van der Waals surface area contributed by atoms with Gasteiger partial charge in [0.25, 0.3) is 0 Å². The minimum absolute atomic E-state index is 0.0247. The molecule has 0 saturated carbocycles. The minimum atomic E-state index is 0.0247. The van der Waals surface area contributed by atoms with Gasteiger partial charge in [-0.25, -0.2) is 9.97 Å². The van der Waals surface area contributed by atoms with E-state index in [4.69, 9.17) is 9.97 Å². The van der Waals surface area contributed by atoms with E-state index in [0.29, 0.717) is 0 Å². The maximum absolute atomic E-state index is 5.28. The Bertz CT molecular complexity index is 2010. The third-order valence-corrected chi connectivity index (χ3v) is 11.7. The maximum atomic E-state index is 5.28. The highest BCUT2D eigenvalue weighted by Crippen LogP contribution is 2.96. The van der Waals surface area contributed by atoms with E-state index in [1.165, 1.54) is 61.1 Å². The third-order valence-electron chi connectivity index (χ3n) is 10.3. The molecule has 7 heteroatoms. The van der Waals surface area contributed by atoms with Gasteiger partial charge < -0.3 is 9.97 Å². The molecule has 4 fully saturated rings. The Hall–Kier alpha value is -3.39. The summed E-state index contributed by atoms with van der Waals surface area (Å²) >= 11 is 1.85. The number of hydrogen-bond donors (Lipinski definition) is 2. The van der Waals surface area contributed by atoms with Gasteiger partial charge in [0.15, 0.2) is 11.3 Å². The van der Waals surface area contributed by atoms with Gasteiger partial charge in [-0.3, -0.25) is 0 Å². The van der Waals surface area contributed by atoms with Crippen molar-refractivity contribution in [3.8, 4) is 0 Å². The highest BCUT2D eigenvalue weighted by atomic mass is 32.2. The first-order valence-electron chi connectivity index (χ1n) is 15.1. The Kier molecular flexibility index (Phi) is 4.56. The Balaban J connectivity index is 1.44. The molecule has 10 rings (SSSR count). The second-order valence-corrected chi connectivity index (χ2v) is 12.9. The lowest BCUT2D eigenvalue weighted by Gasteiger charge is -2.35. The molecule has 9 heterocycles. The molecule has 4 saturated heterocycles. The number of H-pyrrole nitrogens is 2. The fourth-order valence-corrected chi connectivity index (χ4v) is 9.58. The van der Waals surface area contributed by atoms with Crippen LogP contribution in [0.25, 0.3) is 50.4 Å². The van der Waals surface area contributed by atoms with Gasteiger partial charge in [-0.1, -0.05) is 33.8 Å². The highest BCUT2D eigenvalue weighted by Gasteiger charge is 3.08. The van der Waals surface area contributed by atoms with Crippen LogP contribution in [0.2, 0.25) is 0 Å². The quantitative estimate of drug-likeness (QED) is 0.250. The molecule has 6 aliphatic heterocycles. The number of nitrogens with one attached hydrogen (secondary N) is 2. The Morgan fingerprint density at radius 2 is 1.20 bits per heavy atom. The lowest BCUT2D eigenvalue weighted by Crippen LogP contribution is -2.40. The number of hydrogen-bond acceptors (Lipinski definition) is 5. The standard InChI is InChI=1S/C34H34N6S/c1-7-19-17(5)24-13-28-21(9-3)22(10-4)29(37-28)14-25-18(6)20(8-2)27(36-25)16-31-32-23(30(38-31)15-26(19)35-24)11-12-33-34(32)39(33)41-40(33)34/h11-16,37-38H,7-10H2,1-6H3. The zero-order valence-corrected chi connectivity index (χ0v) is 25.3. The molecule has 3 aromatic heterocycles. The van der Waals surface area contributed by atoms with Crippen LogP contribution >= 0.6 is 12.1 Å². The number of allylic oxidation sites excluding steroid dienone is 4. The third kappa shape index (κ3) is 2.61. The van der Waals surface area contributed by atoms with Crippen molar-refractivity contribution in [1.29, 1.82) is 0 Å². The van der Waals surface area contributed by atoms with Crippen LogP contribution in [0.4, 0.5) is 0 Å². The number of fused-ring (bicyclic) bond motifs is 11. The van der Waals surface area contributed by atoms with Gasteiger partial charge in [0.1, 0.15) is 0 Å². The van der Waals surface area contributed by atoms with E-state index in [-0.39, 0.29) is 11.3 Å². The number of aromatic nitrogens is 4. The van der Waals surface area contributed by atoms with Gasteiger partial charge >= 0.3 is 0 Å². The van der Waals surface area contributed by atoms with Crippen molar-refractivity contribution >= 4 is 62.6 Å². The molecule has 0 amide bonds. The van der Waals surface area contributed by atoms with Crippen molar-refractivity contribution in [2.45, 2.75) is 78.6 Å². The molecule has 7 aliphatic rings. The van der Waals surface area contributed by atoms with Crippen molar-refractivity contribution in [3.05, 3.63) is 75.4 Å². The number of aryl methyl sites for hydroxylation is 2. The predicted molar refractivity (Wildman–Crippen MR) is 170 cm³/mol. The van der Waals surface area contributed by atoms with Crippen LogP contribution in [0.3, 0.4) is 0 Å². The molecule has 3 aromatic rings. The fourth-order valence-electron chi connectivity index (χ4n) is 8.09. The fraction of sp³-hybridized carbons (Fsp3) is 0.353. The summed E-state index contributed by atoms with van der Waals surface area (Å²) in [5, 5.41) is 0. The summed E-state index contributed by atoms with van der Waals surface area (Å²) in [7, 11) is 0. The Morgan fingerprint density at radius 1 is 0.683 bits per heavy atom. The van der Waals surface area contributed by atoms with Crippen molar-refractivity contribution in [2.24, 2.45) is 0 Å². The zero-order chi connectivity index (χ0) is 28.0. The summed E-state index contributed by atoms with van der Waals surface area (Å²) in [6.45, 7) is 13.5. The van der Waals surface area contributed by atoms with Gasteiger partial charge in [0, 0.05) is 45.3 Å². The predicted octanol–water partition coefficient (Wildman–Crippen LogP) is 8.20. The zero-order valence-electron chi connectivity index (χ0n) is 24.5. The molecule has 2 spiro atoms. The van der Waals surface area contributed by atoms with E-state index in [9.17, 15) is 0 Å². The lowest BCUT2D eigenvalue weighted by atomic mass is 9.97. The first-order chi connectivity index (χ1) is 19.9. The highest BCUT2D eigenvalue weighted by molar-refractivity contribution is 7.98. The molecule has 206 valence electrons. The van der Waals surface area contributed by atoms with Crippen LogP contribution in [0.1, 0.15) is 99.4 Å². The van der Waals surface area contributed by atoms with E-state index < -0.39 is 0 Å². The van der Waals surface area contributed by atoms with Gasteiger partial charge in [0.05, 0.1) is 22.8 Å². The summed E-state index contributed by atoms with van der Waals surface area (Å²) in [5.41, 5.74) is 19.7. The average Bonchev–Trinajstić information content (AvgIpc) is 3.25. The van der Waals surface area contributed by atoms with Crippen LogP contribution in [0, 0.1) is 0 Å². The van der Waals surface area contributed by atoms with Crippen molar-refractivity contribution < 1.29 is 0 Å². The normalized spacial score (nSPS) is 28.0. The summed E-state index contributed by atoms with van der Waals surface area (Å²) in [4.78, 5) is 18.2. The second kappa shape index (κ2) is 7.71. The van der Waals surface area contributed by atoms with E-state index in [1.54, 1.807) is 0 Å². The SMILES string of the molecule is CCC1=C(C)c2cc3[nH]c(cc4nc(cc5[nH]c(cc1n2)c1c5C25N6SN2C65C=C1)C(CC)=C4C)c(CC)c3CC. The van der Waals surface area contributed by atoms with Gasteiger partial charge in [-0.2, -0.15) is 8.61 Å². The summed E-state index contributed by atoms with van der Waals surface area (Å²) in [6, 6.07) is 9.16. The first kappa shape index (κ1) is 24.2. The summed E-state index contributed by atoms with van der Waals surface area (Å²) < 4.78 is 5.05. The van der Waals surface area contributed by atoms with Crippen molar-refractivity contribution in [3.63, 3.8) is 0 Å². The topological polar surface area (TPSA) is 63.4 Å². The van der Waals surface area contributed by atoms with Gasteiger partial charge in [-0.15, -0.1) is 0 Å². The second-order valence-electron chi connectivity index (χ2n) is 12.0. The van der Waals surface area contributed by atoms with Crippen LogP contribution in [0.15, 0.2) is 30.3 Å². The largest absolute Gasteiger partial charge is 0.355 e. The number of nitrogens with zero attached hydrogens (tertiary/aromatic N) is 4. The van der Waals surface area contributed by atoms with Crippen LogP contribution < -0.4 is 0 Å². The molecule has 2 unspecified atom stereocenters. The summed E-state index contributed by atoms with van der Waals surface area (Å²) in [6.07, 6.45) is 8.58. The van der Waals surface area contributed by atoms with Gasteiger partial charge in [-0.05, 0) is 103 Å². The Labute approximate surface area is 244 Å². The molecule has 10 bridgehead atoms. The lowest BCUT2D eigenvalue weighted by molar-refractivity contribution is 0.259. The molecule has 2 N–H and O–H groups in total. The molecule has 2 atom stereocenters. The van der Waals surface area contributed by atoms with Crippen molar-refractivity contribution in [2.75, 3.05) is 0 Å². The number of aromatic amines is 2. The van der Waals surface area contributed by atoms with E-state index in [1.807, 2.05) is 12.1 Å². The average molecular weight is 559 g/mol. The first-order valence-corrected chi connectivity index (χ1v) is 15.8.